The van der Waals surface area contributed by atoms with Crippen molar-refractivity contribution in [3.63, 3.8) is 0 Å². The van der Waals surface area contributed by atoms with Crippen molar-refractivity contribution >= 4 is 28.4 Å². The molecule has 0 aliphatic heterocycles. The van der Waals surface area contributed by atoms with Gasteiger partial charge in [0.2, 0.25) is 0 Å². The molecule has 1 N–H and O–H groups in total. The van der Waals surface area contributed by atoms with E-state index >= 15 is 0 Å². The monoisotopic (exact) mass is 342 g/mol. The lowest BCUT2D eigenvalue weighted by molar-refractivity contribution is -0.117. The molecule has 1 unspecified atom stereocenters. The molecule has 2 aromatic carbocycles. The van der Waals surface area contributed by atoms with Crippen LogP contribution < -0.4 is 5.63 Å². The van der Waals surface area contributed by atoms with Crippen molar-refractivity contribution in [2.75, 3.05) is 0 Å². The fourth-order valence-electron chi connectivity index (χ4n) is 2.84. The Kier molecular flexibility index (Phi) is 4.40. The van der Waals surface area contributed by atoms with Crippen molar-refractivity contribution < 1.29 is 14.3 Å². The molecule has 0 spiro atoms. The molecule has 3 rings (SSSR count). The van der Waals surface area contributed by atoms with Crippen LogP contribution in [0.25, 0.3) is 11.0 Å². The largest absolute Gasteiger partial charge is 0.507 e. The molecule has 0 bridgehead atoms. The summed E-state index contributed by atoms with van der Waals surface area (Å²) < 4.78 is 5.33. The first-order valence-electron chi connectivity index (χ1n) is 7.47. The predicted octanol–water partition coefficient (Wildman–Crippen LogP) is 4.26. The molecule has 5 heteroatoms. The Hall–Kier alpha value is -2.59. The Labute approximate surface area is 143 Å². The summed E-state index contributed by atoms with van der Waals surface area (Å²) in [5.74, 6) is -0.827. The summed E-state index contributed by atoms with van der Waals surface area (Å²) in [5, 5.41) is 11.4. The number of hydrogen-bond donors (Lipinski definition) is 1. The topological polar surface area (TPSA) is 67.5 Å². The zero-order valence-corrected chi connectivity index (χ0v) is 13.7. The van der Waals surface area contributed by atoms with Crippen molar-refractivity contribution in [2.45, 2.75) is 19.3 Å². The number of fused-ring (bicyclic) bond motifs is 1. The molecule has 3 aromatic rings. The minimum absolute atomic E-state index is 0.0844. The van der Waals surface area contributed by atoms with Gasteiger partial charge in [-0.2, -0.15) is 0 Å². The highest BCUT2D eigenvalue weighted by Gasteiger charge is 2.25. The number of carbonyl (C=O) groups is 1. The van der Waals surface area contributed by atoms with E-state index < -0.39 is 11.5 Å². The Balaban J connectivity index is 2.26. The van der Waals surface area contributed by atoms with E-state index in [-0.39, 0.29) is 29.1 Å². The molecule has 0 aliphatic rings. The first kappa shape index (κ1) is 16.3. The third-order valence-electron chi connectivity index (χ3n) is 3.92. The number of hydrogen-bond acceptors (Lipinski definition) is 4. The normalized spacial score (nSPS) is 12.2. The lowest BCUT2D eigenvalue weighted by atomic mass is 9.87. The zero-order valence-electron chi connectivity index (χ0n) is 13.0. The number of Topliss-reactive ketones (excluding diaryl/α,β-unsaturated/α-hetero) is 1. The molecule has 122 valence electrons. The number of benzene rings is 2. The van der Waals surface area contributed by atoms with Crippen LogP contribution in [0, 0.1) is 0 Å². The summed E-state index contributed by atoms with van der Waals surface area (Å²) in [6, 6.07) is 13.8. The van der Waals surface area contributed by atoms with Crippen LogP contribution in [0.3, 0.4) is 0 Å². The second-order valence-electron chi connectivity index (χ2n) is 5.66. The van der Waals surface area contributed by atoms with E-state index in [9.17, 15) is 14.7 Å². The first-order chi connectivity index (χ1) is 11.5. The molecular weight excluding hydrogens is 328 g/mol. The van der Waals surface area contributed by atoms with Crippen molar-refractivity contribution in [3.8, 4) is 5.75 Å². The summed E-state index contributed by atoms with van der Waals surface area (Å²) in [5.41, 5.74) is 0.399. The van der Waals surface area contributed by atoms with Gasteiger partial charge in [0, 0.05) is 23.4 Å². The van der Waals surface area contributed by atoms with Crippen LogP contribution in [0.15, 0.2) is 57.7 Å². The summed E-state index contributed by atoms with van der Waals surface area (Å²) in [7, 11) is 0. The highest BCUT2D eigenvalue weighted by atomic mass is 35.5. The Morgan fingerprint density at radius 3 is 2.58 bits per heavy atom. The van der Waals surface area contributed by atoms with E-state index in [0.717, 1.165) is 5.56 Å². The standard InChI is InChI=1S/C19H15ClO4/c1-11(21)9-15(12-5-3-2-4-6-12)17-18(22)14-8-7-13(20)10-16(14)24-19(17)23/h2-8,10,15,22H,9H2,1H3. The van der Waals surface area contributed by atoms with Gasteiger partial charge in [0.25, 0.3) is 0 Å². The minimum Gasteiger partial charge on any atom is -0.507 e. The number of carbonyl (C=O) groups excluding carboxylic acids is 1. The fraction of sp³-hybridized carbons (Fsp3) is 0.158. The lowest BCUT2D eigenvalue weighted by Crippen LogP contribution is -2.16. The zero-order chi connectivity index (χ0) is 17.3. The van der Waals surface area contributed by atoms with Gasteiger partial charge in [-0.05, 0) is 24.6 Å². The number of ketones is 1. The molecule has 0 saturated carbocycles. The van der Waals surface area contributed by atoms with Crippen molar-refractivity contribution in [1.82, 2.24) is 0 Å². The summed E-state index contributed by atoms with van der Waals surface area (Å²) in [4.78, 5) is 24.2. The van der Waals surface area contributed by atoms with Gasteiger partial charge in [0.1, 0.15) is 17.1 Å². The predicted molar refractivity (Wildman–Crippen MR) is 92.7 cm³/mol. The fourth-order valence-corrected chi connectivity index (χ4v) is 3.00. The maximum absolute atomic E-state index is 12.5. The van der Waals surface area contributed by atoms with Crippen molar-refractivity contribution in [3.05, 3.63) is 75.1 Å². The first-order valence-corrected chi connectivity index (χ1v) is 7.84. The Morgan fingerprint density at radius 2 is 1.92 bits per heavy atom. The van der Waals surface area contributed by atoms with Crippen LogP contribution in [-0.2, 0) is 4.79 Å². The second kappa shape index (κ2) is 6.49. The minimum atomic E-state index is -0.669. The van der Waals surface area contributed by atoms with Gasteiger partial charge < -0.3 is 9.52 Å². The molecule has 4 nitrogen and oxygen atoms in total. The third-order valence-corrected chi connectivity index (χ3v) is 4.15. The number of halogens is 1. The van der Waals surface area contributed by atoms with Gasteiger partial charge in [-0.1, -0.05) is 41.9 Å². The quantitative estimate of drug-likeness (QED) is 0.719. The summed E-state index contributed by atoms with van der Waals surface area (Å²) in [6.45, 7) is 1.45. The molecule has 24 heavy (non-hydrogen) atoms. The lowest BCUT2D eigenvalue weighted by Gasteiger charge is -2.17. The summed E-state index contributed by atoms with van der Waals surface area (Å²) in [6.07, 6.45) is 0.0986. The maximum atomic E-state index is 12.5. The molecule has 1 atom stereocenters. The molecular formula is C19H15ClO4. The van der Waals surface area contributed by atoms with E-state index in [1.807, 2.05) is 30.3 Å². The molecule has 0 amide bonds. The SMILES string of the molecule is CC(=O)CC(c1ccccc1)c1c(O)c2ccc(Cl)cc2oc1=O. The molecule has 0 saturated heterocycles. The Bertz CT molecular complexity index is 960. The van der Waals surface area contributed by atoms with E-state index in [2.05, 4.69) is 0 Å². The van der Waals surface area contributed by atoms with E-state index in [0.29, 0.717) is 10.4 Å². The van der Waals surface area contributed by atoms with Gasteiger partial charge in [-0.3, -0.25) is 4.79 Å². The molecule has 1 heterocycles. The second-order valence-corrected chi connectivity index (χ2v) is 6.10. The molecule has 0 fully saturated rings. The van der Waals surface area contributed by atoms with Crippen LogP contribution in [0.2, 0.25) is 5.02 Å². The van der Waals surface area contributed by atoms with Crippen LogP contribution in [0.4, 0.5) is 0 Å². The molecule has 1 aromatic heterocycles. The van der Waals surface area contributed by atoms with E-state index in [4.69, 9.17) is 16.0 Å². The van der Waals surface area contributed by atoms with Gasteiger partial charge in [-0.25, -0.2) is 4.79 Å². The van der Waals surface area contributed by atoms with Gasteiger partial charge >= 0.3 is 5.63 Å². The Morgan fingerprint density at radius 1 is 1.21 bits per heavy atom. The van der Waals surface area contributed by atoms with Crippen molar-refractivity contribution in [1.29, 1.82) is 0 Å². The number of rotatable bonds is 4. The summed E-state index contributed by atoms with van der Waals surface area (Å²) >= 11 is 5.90. The van der Waals surface area contributed by atoms with Crippen LogP contribution in [0.5, 0.6) is 5.75 Å². The highest BCUT2D eigenvalue weighted by Crippen LogP contribution is 2.36. The highest BCUT2D eigenvalue weighted by molar-refractivity contribution is 6.31. The van der Waals surface area contributed by atoms with Gasteiger partial charge in [-0.15, -0.1) is 0 Å². The van der Waals surface area contributed by atoms with Gasteiger partial charge in [0.05, 0.1) is 10.9 Å². The van der Waals surface area contributed by atoms with Crippen molar-refractivity contribution in [2.24, 2.45) is 0 Å². The third kappa shape index (κ3) is 3.05. The average molecular weight is 343 g/mol. The average Bonchev–Trinajstić information content (AvgIpc) is 2.54. The van der Waals surface area contributed by atoms with Crippen LogP contribution in [-0.4, -0.2) is 10.9 Å². The van der Waals surface area contributed by atoms with E-state index in [1.165, 1.54) is 13.0 Å². The van der Waals surface area contributed by atoms with Crippen LogP contribution >= 0.6 is 11.6 Å². The van der Waals surface area contributed by atoms with Crippen LogP contribution in [0.1, 0.15) is 30.4 Å². The molecule has 0 radical (unpaired) electrons. The van der Waals surface area contributed by atoms with E-state index in [1.54, 1.807) is 12.1 Å². The maximum Gasteiger partial charge on any atom is 0.343 e. The number of aromatic hydroxyl groups is 1. The van der Waals surface area contributed by atoms with Gasteiger partial charge in [0.15, 0.2) is 0 Å². The molecule has 0 aliphatic carbocycles. The smallest absolute Gasteiger partial charge is 0.343 e.